The van der Waals surface area contributed by atoms with E-state index in [4.69, 9.17) is 4.98 Å². The summed E-state index contributed by atoms with van der Waals surface area (Å²) in [5, 5.41) is 28.9. The molecule has 1 aliphatic rings. The number of nitrogens with zero attached hydrogens (tertiary/aromatic N) is 3. The van der Waals surface area contributed by atoms with Crippen LogP contribution in [-0.4, -0.2) is 22.3 Å². The van der Waals surface area contributed by atoms with Crippen molar-refractivity contribution < 1.29 is 4.79 Å². The van der Waals surface area contributed by atoms with Gasteiger partial charge in [-0.25, -0.2) is 4.98 Å². The van der Waals surface area contributed by atoms with E-state index in [2.05, 4.69) is 96.3 Å². The van der Waals surface area contributed by atoms with E-state index in [1.165, 1.54) is 80.8 Å². The first-order chi connectivity index (χ1) is 31.1. The SMILES string of the molecule is CNc1ccccc1N1Cc2ccc3c4ccc5c6ccc7c8ccc9c%10c(ccc(c%11ccc(c%12ccc(c%13ccc(c2c%133)C1=O)c4c%125)c6c%117)c8%10)c(=O)n1c2ccccc2nc91. The normalized spacial score (nSPS) is 13.8. The van der Waals surface area contributed by atoms with E-state index in [-0.39, 0.29) is 11.5 Å². The van der Waals surface area contributed by atoms with Crippen molar-refractivity contribution in [3.8, 4) is 0 Å². The Bertz CT molecular complexity index is 4560. The lowest BCUT2D eigenvalue weighted by molar-refractivity contribution is 0.0984. The predicted molar refractivity (Wildman–Crippen MR) is 263 cm³/mol. The number of imidazole rings is 1. The third kappa shape index (κ3) is 3.59. The molecule has 0 spiro atoms. The van der Waals surface area contributed by atoms with Crippen molar-refractivity contribution in [2.24, 2.45) is 0 Å². The number of amides is 1. The van der Waals surface area contributed by atoms with Gasteiger partial charge in [0, 0.05) is 34.2 Å². The minimum Gasteiger partial charge on any atom is -0.386 e. The quantitative estimate of drug-likeness (QED) is 0.140. The zero-order valence-electron chi connectivity index (χ0n) is 33.7. The van der Waals surface area contributed by atoms with Gasteiger partial charge in [0.15, 0.2) is 0 Å². The first kappa shape index (κ1) is 32.4. The van der Waals surface area contributed by atoms with Crippen molar-refractivity contribution in [1.29, 1.82) is 0 Å². The van der Waals surface area contributed by atoms with Crippen molar-refractivity contribution >= 4 is 152 Å². The van der Waals surface area contributed by atoms with Gasteiger partial charge in [0.05, 0.1) is 29.0 Å². The highest BCUT2D eigenvalue weighted by atomic mass is 16.2. The molecule has 0 saturated carbocycles. The molecule has 290 valence electrons. The number of rotatable bonds is 2. The lowest BCUT2D eigenvalue weighted by Crippen LogP contribution is -2.34. The summed E-state index contributed by atoms with van der Waals surface area (Å²) in [5.41, 5.74) is 6.06. The van der Waals surface area contributed by atoms with Crippen molar-refractivity contribution in [2.45, 2.75) is 6.54 Å². The molecule has 0 bridgehead atoms. The lowest BCUT2D eigenvalue weighted by Gasteiger charge is -2.31. The van der Waals surface area contributed by atoms with E-state index in [1.54, 1.807) is 4.40 Å². The Labute approximate surface area is 356 Å². The van der Waals surface area contributed by atoms with Gasteiger partial charge in [-0.2, -0.15) is 0 Å². The second kappa shape index (κ2) is 10.7. The Hall–Kier alpha value is -8.35. The van der Waals surface area contributed by atoms with Crippen LogP contribution in [0.4, 0.5) is 11.4 Å². The summed E-state index contributed by atoms with van der Waals surface area (Å²) in [4.78, 5) is 35.6. The Morgan fingerprint density at radius 1 is 0.444 bits per heavy atom. The van der Waals surface area contributed by atoms with Crippen LogP contribution in [0.5, 0.6) is 0 Å². The molecule has 1 aliphatic heterocycles. The van der Waals surface area contributed by atoms with E-state index in [1.807, 2.05) is 66.5 Å². The van der Waals surface area contributed by atoms with Crippen molar-refractivity contribution in [2.75, 3.05) is 17.3 Å². The number of pyridine rings is 1. The van der Waals surface area contributed by atoms with Crippen molar-refractivity contribution in [3.05, 3.63) is 167 Å². The topological polar surface area (TPSA) is 66.7 Å². The third-order valence-electron chi connectivity index (χ3n) is 15.0. The minimum absolute atomic E-state index is 0.0267. The fourth-order valence-corrected chi connectivity index (χ4v) is 12.5. The smallest absolute Gasteiger partial charge is 0.264 e. The molecule has 63 heavy (non-hydrogen) atoms. The second-order valence-electron chi connectivity index (χ2n) is 17.6. The van der Waals surface area contributed by atoms with Gasteiger partial charge in [-0.15, -0.1) is 0 Å². The average Bonchev–Trinajstić information content (AvgIpc) is 3.73. The van der Waals surface area contributed by atoms with Gasteiger partial charge in [0.2, 0.25) is 0 Å². The molecule has 3 heterocycles. The fraction of sp³-hybridized carbons (Fsp3) is 0.0351. The molecule has 13 aromatic carbocycles. The molecular formula is C57H30N4O2. The van der Waals surface area contributed by atoms with E-state index >= 15 is 0 Å². The maximum absolute atomic E-state index is 14.4. The first-order valence-corrected chi connectivity index (χ1v) is 21.6. The Kier molecular flexibility index (Phi) is 5.53. The molecule has 15 aromatic rings. The highest BCUT2D eigenvalue weighted by Gasteiger charge is 2.31. The number of benzene rings is 13. The number of anilines is 2. The Balaban J connectivity index is 0.979. The summed E-state index contributed by atoms with van der Waals surface area (Å²) < 4.78 is 1.79. The van der Waals surface area contributed by atoms with Crippen molar-refractivity contribution in [1.82, 2.24) is 9.38 Å². The molecule has 0 saturated heterocycles. The van der Waals surface area contributed by atoms with Gasteiger partial charge < -0.3 is 10.2 Å². The zero-order chi connectivity index (χ0) is 41.1. The molecular weight excluding hydrogens is 773 g/mol. The number of hydrogen-bond donors (Lipinski definition) is 1. The predicted octanol–water partition coefficient (Wildman–Crippen LogP) is 13.5. The lowest BCUT2D eigenvalue weighted by atomic mass is 9.80. The van der Waals surface area contributed by atoms with Crippen LogP contribution < -0.4 is 15.8 Å². The van der Waals surface area contributed by atoms with Crippen LogP contribution in [0.3, 0.4) is 0 Å². The third-order valence-corrected chi connectivity index (χ3v) is 15.0. The monoisotopic (exact) mass is 802 g/mol. The van der Waals surface area contributed by atoms with Gasteiger partial charge in [0.1, 0.15) is 5.65 Å². The van der Waals surface area contributed by atoms with Gasteiger partial charge in [-0.1, -0.05) is 103 Å². The summed E-state index contributed by atoms with van der Waals surface area (Å²) in [5.74, 6) is 0.0267. The minimum atomic E-state index is -0.0306. The molecule has 1 N–H and O–H groups in total. The average molecular weight is 803 g/mol. The molecule has 6 nitrogen and oxygen atoms in total. The van der Waals surface area contributed by atoms with E-state index in [9.17, 15) is 9.59 Å². The van der Waals surface area contributed by atoms with Gasteiger partial charge in [-0.05, 0) is 145 Å². The molecule has 0 atom stereocenters. The van der Waals surface area contributed by atoms with Crippen LogP contribution in [0.2, 0.25) is 0 Å². The molecule has 0 fully saturated rings. The number of carbonyl (C=O) groups excluding carboxylic acids is 1. The van der Waals surface area contributed by atoms with E-state index in [0.29, 0.717) is 12.2 Å². The number of nitrogens with one attached hydrogen (secondary N) is 1. The van der Waals surface area contributed by atoms with Gasteiger partial charge in [-0.3, -0.25) is 14.0 Å². The van der Waals surface area contributed by atoms with Crippen LogP contribution in [-0.2, 0) is 6.54 Å². The van der Waals surface area contributed by atoms with Crippen LogP contribution in [0.25, 0.3) is 135 Å². The van der Waals surface area contributed by atoms with E-state index < -0.39 is 0 Å². The molecule has 6 heteroatoms. The van der Waals surface area contributed by atoms with Crippen LogP contribution in [0.1, 0.15) is 15.9 Å². The molecule has 0 unspecified atom stereocenters. The largest absolute Gasteiger partial charge is 0.386 e. The molecule has 0 aliphatic carbocycles. The highest BCUT2D eigenvalue weighted by molar-refractivity contribution is 6.47. The number of aromatic nitrogens is 2. The Morgan fingerprint density at radius 3 is 1.43 bits per heavy atom. The maximum atomic E-state index is 14.4. The molecule has 0 radical (unpaired) electrons. The fourth-order valence-electron chi connectivity index (χ4n) is 12.5. The summed E-state index contributed by atoms with van der Waals surface area (Å²) >= 11 is 0. The number of carbonyl (C=O) groups is 1. The highest BCUT2D eigenvalue weighted by Crippen LogP contribution is 2.52. The van der Waals surface area contributed by atoms with Crippen molar-refractivity contribution in [3.63, 3.8) is 0 Å². The number of hydrogen-bond acceptors (Lipinski definition) is 4. The molecule has 16 rings (SSSR count). The Morgan fingerprint density at radius 2 is 0.873 bits per heavy atom. The maximum Gasteiger partial charge on any atom is 0.264 e. The summed E-state index contributed by atoms with van der Waals surface area (Å²) in [6.07, 6.45) is 0. The zero-order valence-corrected chi connectivity index (χ0v) is 33.7. The van der Waals surface area contributed by atoms with E-state index in [0.717, 1.165) is 71.2 Å². The van der Waals surface area contributed by atoms with Gasteiger partial charge >= 0.3 is 0 Å². The first-order valence-electron chi connectivity index (χ1n) is 21.6. The van der Waals surface area contributed by atoms with Crippen LogP contribution in [0.15, 0.2) is 150 Å². The molecule has 2 aromatic heterocycles. The number of para-hydroxylation sites is 4. The standard InChI is InChI=1S/C57H30N4O2/c1-58-43-6-2-4-8-45(43)60-26-27-10-11-28-30-12-14-32-34-16-18-36-38-20-23-40-54-42(57(63)61-46-9-5-3-7-44(46)59-55(40)61)25-22-39(53(38)54)37-19-17-35(51(34)52(36)37)33-15-13-31(49(30)50(32)33)29-21-24-41(56(60)62)47(27)48(28)29/h2-25,58H,26H2,1H3. The van der Waals surface area contributed by atoms with Crippen LogP contribution in [0, 0.1) is 0 Å². The molecule has 1 amide bonds. The summed E-state index contributed by atoms with van der Waals surface area (Å²) in [6.45, 7) is 0.512. The number of fused-ring (bicyclic) bond motifs is 10. The van der Waals surface area contributed by atoms with Gasteiger partial charge in [0.25, 0.3) is 11.5 Å². The second-order valence-corrected chi connectivity index (χ2v) is 17.6. The summed E-state index contributed by atoms with van der Waals surface area (Å²) in [6, 6.07) is 51.9. The summed E-state index contributed by atoms with van der Waals surface area (Å²) in [7, 11) is 1.90. The van der Waals surface area contributed by atoms with Crippen LogP contribution >= 0.6 is 0 Å².